The maximum absolute atomic E-state index is 12.0. The molecule has 31 heavy (non-hydrogen) atoms. The number of sulfone groups is 1. The fourth-order valence-electron chi connectivity index (χ4n) is 4.88. The van der Waals surface area contributed by atoms with Crippen molar-refractivity contribution in [1.82, 2.24) is 14.6 Å². The van der Waals surface area contributed by atoms with Gasteiger partial charge in [0.25, 0.3) is 0 Å². The van der Waals surface area contributed by atoms with Gasteiger partial charge >= 0.3 is 0 Å². The first-order valence-corrected chi connectivity index (χ1v) is 12.5. The van der Waals surface area contributed by atoms with E-state index in [1.54, 1.807) is 0 Å². The van der Waals surface area contributed by atoms with E-state index in [4.69, 9.17) is 9.72 Å². The molecule has 1 atom stereocenters. The number of nitrogens with one attached hydrogen (secondary N) is 1. The van der Waals surface area contributed by atoms with Gasteiger partial charge in [0.1, 0.15) is 22.4 Å². The molecule has 9 heteroatoms. The largest absolute Gasteiger partial charge is 0.356 e. The summed E-state index contributed by atoms with van der Waals surface area (Å²) in [5, 5.41) is 7.97. The van der Waals surface area contributed by atoms with E-state index in [1.165, 1.54) is 5.56 Å². The first-order chi connectivity index (χ1) is 15.1. The highest BCUT2D eigenvalue weighted by Crippen LogP contribution is 2.38. The number of aliphatic imine (C=N–C) groups is 1. The Morgan fingerprint density at radius 2 is 2.00 bits per heavy atom. The molecule has 0 bridgehead atoms. The highest BCUT2D eigenvalue weighted by Gasteiger charge is 2.31. The normalized spacial score (nSPS) is 22.6. The van der Waals surface area contributed by atoms with Gasteiger partial charge < -0.3 is 10.1 Å². The van der Waals surface area contributed by atoms with E-state index in [1.807, 2.05) is 35.1 Å². The molecule has 160 valence electrons. The van der Waals surface area contributed by atoms with Crippen molar-refractivity contribution in [2.75, 3.05) is 23.6 Å². The van der Waals surface area contributed by atoms with Crippen LogP contribution in [0.25, 0.3) is 5.65 Å². The molecule has 0 amide bonds. The van der Waals surface area contributed by atoms with Crippen LogP contribution in [0.3, 0.4) is 0 Å². The third kappa shape index (κ3) is 3.23. The first-order valence-electron chi connectivity index (χ1n) is 10.6. The highest BCUT2D eigenvalue weighted by atomic mass is 32.2. The number of rotatable bonds is 2. The Balaban J connectivity index is 1.45. The molecule has 2 aromatic heterocycles. The molecular weight excluding hydrogens is 414 g/mol. The van der Waals surface area contributed by atoms with Crippen molar-refractivity contribution < 1.29 is 13.2 Å². The number of fused-ring (bicyclic) bond motifs is 4. The smallest absolute Gasteiger partial charge is 0.161 e. The third-order valence-electron chi connectivity index (χ3n) is 6.56. The van der Waals surface area contributed by atoms with Gasteiger partial charge in [0.05, 0.1) is 35.7 Å². The topological polar surface area (TPSA) is 98.0 Å². The molecule has 1 fully saturated rings. The molecule has 3 aliphatic rings. The minimum Gasteiger partial charge on any atom is -0.356 e. The zero-order valence-corrected chi connectivity index (χ0v) is 17.8. The average molecular weight is 438 g/mol. The maximum Gasteiger partial charge on any atom is 0.161 e. The second-order valence-corrected chi connectivity index (χ2v) is 10.8. The Morgan fingerprint density at radius 3 is 2.87 bits per heavy atom. The Bertz CT molecular complexity index is 1300. The molecule has 1 N–H and O–H groups in total. The van der Waals surface area contributed by atoms with Gasteiger partial charge in [-0.25, -0.2) is 13.4 Å². The van der Waals surface area contributed by atoms with Gasteiger partial charge in [-0.15, -0.1) is 0 Å². The molecule has 0 aliphatic carbocycles. The van der Waals surface area contributed by atoms with Crippen molar-refractivity contribution in [3.05, 3.63) is 52.8 Å². The Labute approximate surface area is 180 Å². The number of benzene rings is 1. The Kier molecular flexibility index (Phi) is 4.36. The Hall–Kier alpha value is -2.78. The lowest BCUT2D eigenvalue weighted by molar-refractivity contribution is 0.128. The summed E-state index contributed by atoms with van der Waals surface area (Å²) in [6.07, 6.45) is 5.93. The standard InChI is InChI=1S/C22H23N5O3S/c28-31(29)7-5-14(6-8-31)20-18-12-30-13-24-21(18)27-22(26-20)17(11-25-27)16-9-15-3-1-2-4-19(15)23-10-16/h1-4,10-11,14,16,24H,5-9,12-13H2. The number of hydrogen-bond donors (Lipinski definition) is 1. The van der Waals surface area contributed by atoms with Crippen molar-refractivity contribution in [3.8, 4) is 0 Å². The van der Waals surface area contributed by atoms with Crippen LogP contribution < -0.4 is 5.32 Å². The average Bonchev–Trinajstić information content (AvgIpc) is 3.23. The van der Waals surface area contributed by atoms with Gasteiger partial charge in [-0.05, 0) is 30.9 Å². The quantitative estimate of drug-likeness (QED) is 0.662. The summed E-state index contributed by atoms with van der Waals surface area (Å²) in [5.41, 5.74) is 6.02. The van der Waals surface area contributed by atoms with Crippen LogP contribution in [0, 0.1) is 0 Å². The van der Waals surface area contributed by atoms with E-state index < -0.39 is 9.84 Å². The predicted molar refractivity (Wildman–Crippen MR) is 118 cm³/mol. The van der Waals surface area contributed by atoms with Crippen LogP contribution in [0.4, 0.5) is 11.5 Å². The molecule has 3 aliphatic heterocycles. The molecule has 1 aromatic carbocycles. The highest BCUT2D eigenvalue weighted by molar-refractivity contribution is 7.91. The van der Waals surface area contributed by atoms with Crippen LogP contribution in [0.1, 0.15) is 47.1 Å². The number of ether oxygens (including phenoxy) is 1. The Morgan fingerprint density at radius 1 is 1.16 bits per heavy atom. The van der Waals surface area contributed by atoms with Gasteiger partial charge in [-0.2, -0.15) is 9.61 Å². The van der Waals surface area contributed by atoms with Crippen LogP contribution in [-0.2, 0) is 27.6 Å². The lowest BCUT2D eigenvalue weighted by Crippen LogP contribution is -2.26. The molecule has 6 rings (SSSR count). The number of para-hydroxylation sites is 1. The number of nitrogens with zero attached hydrogens (tertiary/aromatic N) is 4. The van der Waals surface area contributed by atoms with Crippen LogP contribution in [0.5, 0.6) is 0 Å². The third-order valence-corrected chi connectivity index (χ3v) is 8.27. The summed E-state index contributed by atoms with van der Waals surface area (Å²) < 4.78 is 31.4. The first kappa shape index (κ1) is 18.9. The summed E-state index contributed by atoms with van der Waals surface area (Å²) in [6.45, 7) is 0.870. The molecular formula is C22H23N5O3S. The monoisotopic (exact) mass is 437 g/mol. The maximum atomic E-state index is 12.0. The minimum absolute atomic E-state index is 0.0948. The van der Waals surface area contributed by atoms with E-state index in [9.17, 15) is 8.42 Å². The lowest BCUT2D eigenvalue weighted by Gasteiger charge is -2.28. The van der Waals surface area contributed by atoms with Gasteiger partial charge in [0.15, 0.2) is 5.65 Å². The molecule has 0 radical (unpaired) electrons. The summed E-state index contributed by atoms with van der Waals surface area (Å²) in [7, 11) is -2.94. The second kappa shape index (κ2) is 7.13. The van der Waals surface area contributed by atoms with Crippen LogP contribution in [-0.4, -0.2) is 47.5 Å². The molecule has 1 unspecified atom stereocenters. The fraction of sp³-hybridized carbons (Fsp3) is 0.409. The molecule has 0 spiro atoms. The second-order valence-electron chi connectivity index (χ2n) is 8.47. The number of anilines is 1. The van der Waals surface area contributed by atoms with Crippen LogP contribution in [0.2, 0.25) is 0 Å². The van der Waals surface area contributed by atoms with Crippen molar-refractivity contribution in [2.24, 2.45) is 4.99 Å². The lowest BCUT2D eigenvalue weighted by atomic mass is 9.91. The molecule has 5 heterocycles. The fourth-order valence-corrected chi connectivity index (χ4v) is 6.37. The van der Waals surface area contributed by atoms with E-state index >= 15 is 0 Å². The number of aromatic nitrogens is 3. The summed E-state index contributed by atoms with van der Waals surface area (Å²) in [4.78, 5) is 9.74. The van der Waals surface area contributed by atoms with Crippen LogP contribution >= 0.6 is 0 Å². The molecule has 0 saturated carbocycles. The van der Waals surface area contributed by atoms with Crippen molar-refractivity contribution in [1.29, 1.82) is 0 Å². The molecule has 1 saturated heterocycles. The van der Waals surface area contributed by atoms with Crippen molar-refractivity contribution in [2.45, 2.75) is 37.7 Å². The van der Waals surface area contributed by atoms with E-state index in [0.29, 0.717) is 26.2 Å². The summed E-state index contributed by atoms with van der Waals surface area (Å²) in [6, 6.07) is 8.20. The van der Waals surface area contributed by atoms with E-state index in [-0.39, 0.29) is 23.3 Å². The molecule has 8 nitrogen and oxygen atoms in total. The van der Waals surface area contributed by atoms with Gasteiger partial charge in [-0.1, -0.05) is 18.2 Å². The zero-order chi connectivity index (χ0) is 21.0. The van der Waals surface area contributed by atoms with Crippen LogP contribution in [0.15, 0.2) is 35.5 Å². The van der Waals surface area contributed by atoms with Crippen molar-refractivity contribution >= 4 is 33.2 Å². The van der Waals surface area contributed by atoms with Gasteiger partial charge in [0, 0.05) is 29.2 Å². The summed E-state index contributed by atoms with van der Waals surface area (Å²) in [5.74, 6) is 1.53. The van der Waals surface area contributed by atoms with Crippen molar-refractivity contribution in [3.63, 3.8) is 0 Å². The SMILES string of the molecule is O=S1(=O)CCC(c2nc3c(C4C=Nc5ccccc5C4)cnn3c3c2COCN3)CC1. The predicted octanol–water partition coefficient (Wildman–Crippen LogP) is 2.96. The van der Waals surface area contributed by atoms with Gasteiger partial charge in [0.2, 0.25) is 0 Å². The molecule has 3 aromatic rings. The zero-order valence-electron chi connectivity index (χ0n) is 17.0. The minimum atomic E-state index is -2.94. The van der Waals surface area contributed by atoms with E-state index in [0.717, 1.165) is 40.4 Å². The van der Waals surface area contributed by atoms with Gasteiger partial charge in [-0.3, -0.25) is 4.99 Å². The van der Waals surface area contributed by atoms with E-state index in [2.05, 4.69) is 21.5 Å². The summed E-state index contributed by atoms with van der Waals surface area (Å²) >= 11 is 0. The number of hydrogen-bond acceptors (Lipinski definition) is 7.